The van der Waals surface area contributed by atoms with Gasteiger partial charge in [-0.05, 0) is 18.7 Å². The molecule has 0 fully saturated rings. The second-order valence-electron chi connectivity index (χ2n) is 5.48. The Bertz CT molecular complexity index is 672. The van der Waals surface area contributed by atoms with E-state index in [4.69, 9.17) is 4.74 Å². The number of thiazole rings is 1. The number of hydrogen-bond donors (Lipinski definition) is 1. The Morgan fingerprint density at radius 1 is 1.24 bits per heavy atom. The molecular weight excluding hydrogens is 353 g/mol. The van der Waals surface area contributed by atoms with Gasteiger partial charge in [-0.1, -0.05) is 19.1 Å². The lowest BCUT2D eigenvalue weighted by molar-refractivity contribution is -0.137. The molecule has 0 aliphatic heterocycles. The van der Waals surface area contributed by atoms with Crippen molar-refractivity contribution in [1.82, 2.24) is 9.88 Å². The number of aliphatic hydroxyl groups excluding tert-OH is 1. The van der Waals surface area contributed by atoms with Gasteiger partial charge in [0, 0.05) is 25.8 Å². The molecule has 138 valence electrons. The van der Waals surface area contributed by atoms with E-state index < -0.39 is 11.7 Å². The van der Waals surface area contributed by atoms with Crippen molar-refractivity contribution in [2.75, 3.05) is 26.8 Å². The van der Waals surface area contributed by atoms with Crippen LogP contribution in [0.5, 0.6) is 0 Å². The lowest BCUT2D eigenvalue weighted by Crippen LogP contribution is -2.27. The van der Waals surface area contributed by atoms with Gasteiger partial charge in [-0.2, -0.15) is 13.2 Å². The van der Waals surface area contributed by atoms with Crippen molar-refractivity contribution >= 4 is 11.3 Å². The molecule has 0 aliphatic rings. The second-order valence-corrected chi connectivity index (χ2v) is 6.57. The zero-order valence-electron chi connectivity index (χ0n) is 14.1. The van der Waals surface area contributed by atoms with Crippen molar-refractivity contribution in [3.8, 4) is 10.6 Å². The third kappa shape index (κ3) is 5.24. The van der Waals surface area contributed by atoms with E-state index in [1.165, 1.54) is 23.5 Å². The molecule has 0 aliphatic carbocycles. The van der Waals surface area contributed by atoms with Crippen LogP contribution in [0.2, 0.25) is 0 Å². The summed E-state index contributed by atoms with van der Waals surface area (Å²) in [4.78, 5) is 7.39. The van der Waals surface area contributed by atoms with Crippen LogP contribution in [0.3, 0.4) is 0 Å². The van der Waals surface area contributed by atoms with Crippen LogP contribution in [0.1, 0.15) is 23.1 Å². The first-order valence-electron chi connectivity index (χ1n) is 7.87. The van der Waals surface area contributed by atoms with E-state index in [2.05, 4.69) is 9.88 Å². The highest BCUT2D eigenvalue weighted by Gasteiger charge is 2.30. The number of aliphatic hydroxyl groups is 1. The summed E-state index contributed by atoms with van der Waals surface area (Å²) in [7, 11) is 1.64. The highest BCUT2D eigenvalue weighted by molar-refractivity contribution is 7.15. The van der Waals surface area contributed by atoms with Gasteiger partial charge in [0.1, 0.15) is 5.01 Å². The van der Waals surface area contributed by atoms with E-state index in [1.54, 1.807) is 7.11 Å². The van der Waals surface area contributed by atoms with E-state index >= 15 is 0 Å². The Labute approximate surface area is 148 Å². The lowest BCUT2D eigenvalue weighted by atomic mass is 10.1. The van der Waals surface area contributed by atoms with Gasteiger partial charge in [-0.25, -0.2) is 4.98 Å². The zero-order chi connectivity index (χ0) is 18.4. The normalized spacial score (nSPS) is 12.1. The van der Waals surface area contributed by atoms with Gasteiger partial charge in [0.05, 0.1) is 29.3 Å². The van der Waals surface area contributed by atoms with Gasteiger partial charge in [0.25, 0.3) is 0 Å². The average Bonchev–Trinajstić information content (AvgIpc) is 3.00. The highest BCUT2D eigenvalue weighted by Crippen LogP contribution is 2.33. The minimum Gasteiger partial charge on any atom is -0.391 e. The van der Waals surface area contributed by atoms with Crippen molar-refractivity contribution < 1.29 is 23.0 Å². The van der Waals surface area contributed by atoms with E-state index in [9.17, 15) is 18.3 Å². The molecule has 2 rings (SSSR count). The van der Waals surface area contributed by atoms with Crippen LogP contribution in [0, 0.1) is 0 Å². The van der Waals surface area contributed by atoms with Crippen LogP contribution >= 0.6 is 11.3 Å². The number of halogens is 3. The number of likely N-dealkylation sites (N-methyl/N-ethyl adjacent to an activating group) is 1. The van der Waals surface area contributed by atoms with Crippen LogP contribution < -0.4 is 0 Å². The van der Waals surface area contributed by atoms with Gasteiger partial charge in [0.15, 0.2) is 0 Å². The fraction of sp³-hybridized carbons (Fsp3) is 0.471. The molecular formula is C17H21F3N2O2S. The van der Waals surface area contributed by atoms with Gasteiger partial charge in [0.2, 0.25) is 0 Å². The van der Waals surface area contributed by atoms with Crippen LogP contribution in [0.25, 0.3) is 10.6 Å². The molecule has 0 saturated carbocycles. The SMILES string of the molecule is CCN(CCOC)Cc1nc(-c2ccc(C(F)(F)F)cc2)sc1CO. The number of ether oxygens (including phenoxy) is 1. The predicted molar refractivity (Wildman–Crippen MR) is 91.3 cm³/mol. The molecule has 2 aromatic rings. The third-order valence-electron chi connectivity index (χ3n) is 3.81. The highest BCUT2D eigenvalue weighted by atomic mass is 32.1. The molecule has 1 aromatic carbocycles. The molecule has 0 unspecified atom stereocenters. The van der Waals surface area contributed by atoms with Crippen LogP contribution in [-0.2, 0) is 24.1 Å². The molecule has 1 N–H and O–H groups in total. The Kier molecular flexibility index (Phi) is 6.95. The molecule has 4 nitrogen and oxygen atoms in total. The Morgan fingerprint density at radius 2 is 1.92 bits per heavy atom. The van der Waals surface area contributed by atoms with E-state index in [0.29, 0.717) is 23.7 Å². The van der Waals surface area contributed by atoms with Crippen molar-refractivity contribution in [3.05, 3.63) is 40.4 Å². The number of aromatic nitrogens is 1. The van der Waals surface area contributed by atoms with Gasteiger partial charge >= 0.3 is 6.18 Å². The molecule has 0 atom stereocenters. The number of methoxy groups -OCH3 is 1. The zero-order valence-corrected chi connectivity index (χ0v) is 15.0. The Balaban J connectivity index is 2.21. The predicted octanol–water partition coefficient (Wildman–Crippen LogP) is 3.79. The monoisotopic (exact) mass is 374 g/mol. The Morgan fingerprint density at radius 3 is 2.44 bits per heavy atom. The first-order valence-corrected chi connectivity index (χ1v) is 8.69. The molecule has 8 heteroatoms. The fourth-order valence-corrected chi connectivity index (χ4v) is 3.27. The molecule has 1 heterocycles. The summed E-state index contributed by atoms with van der Waals surface area (Å²) < 4.78 is 43.1. The smallest absolute Gasteiger partial charge is 0.391 e. The van der Waals surface area contributed by atoms with Crippen molar-refractivity contribution in [2.24, 2.45) is 0 Å². The van der Waals surface area contributed by atoms with E-state index in [0.717, 1.165) is 35.8 Å². The molecule has 0 spiro atoms. The summed E-state index contributed by atoms with van der Waals surface area (Å²) in [5, 5.41) is 10.2. The molecule has 0 saturated heterocycles. The van der Waals surface area contributed by atoms with Crippen molar-refractivity contribution in [3.63, 3.8) is 0 Å². The largest absolute Gasteiger partial charge is 0.416 e. The number of alkyl halides is 3. The van der Waals surface area contributed by atoms with Crippen molar-refractivity contribution in [1.29, 1.82) is 0 Å². The summed E-state index contributed by atoms with van der Waals surface area (Å²) >= 11 is 1.30. The van der Waals surface area contributed by atoms with E-state index in [1.807, 2.05) is 6.92 Å². The maximum absolute atomic E-state index is 12.7. The minimum atomic E-state index is -4.36. The van der Waals surface area contributed by atoms with Crippen LogP contribution in [0.4, 0.5) is 13.2 Å². The van der Waals surface area contributed by atoms with Gasteiger partial charge in [-0.15, -0.1) is 11.3 Å². The third-order valence-corrected chi connectivity index (χ3v) is 4.94. The van der Waals surface area contributed by atoms with E-state index in [-0.39, 0.29) is 6.61 Å². The van der Waals surface area contributed by atoms with Crippen LogP contribution in [0.15, 0.2) is 24.3 Å². The first kappa shape index (κ1) is 19.8. The topological polar surface area (TPSA) is 45.6 Å². The summed E-state index contributed by atoms with van der Waals surface area (Å²) in [6.45, 7) is 4.59. The van der Waals surface area contributed by atoms with Crippen LogP contribution in [-0.4, -0.2) is 41.8 Å². The lowest BCUT2D eigenvalue weighted by Gasteiger charge is -2.19. The summed E-state index contributed by atoms with van der Waals surface area (Å²) in [5.41, 5.74) is 0.673. The maximum atomic E-state index is 12.7. The number of hydrogen-bond acceptors (Lipinski definition) is 5. The number of rotatable bonds is 8. The van der Waals surface area contributed by atoms with Gasteiger partial charge < -0.3 is 9.84 Å². The first-order chi connectivity index (χ1) is 11.9. The Hall–Kier alpha value is -1.48. The van der Waals surface area contributed by atoms with Crippen molar-refractivity contribution in [2.45, 2.75) is 26.3 Å². The molecule has 0 bridgehead atoms. The number of nitrogens with zero attached hydrogens (tertiary/aromatic N) is 2. The number of benzene rings is 1. The average molecular weight is 374 g/mol. The summed E-state index contributed by atoms with van der Waals surface area (Å²) in [6.07, 6.45) is -4.36. The second kappa shape index (κ2) is 8.75. The molecule has 25 heavy (non-hydrogen) atoms. The fourth-order valence-electron chi connectivity index (χ4n) is 2.34. The maximum Gasteiger partial charge on any atom is 0.416 e. The summed E-state index contributed by atoms with van der Waals surface area (Å²) in [5.74, 6) is 0. The standard InChI is InChI=1S/C17H21F3N2O2S/c1-3-22(8-9-24-2)10-14-15(11-23)25-16(21-14)12-4-6-13(7-5-12)17(18,19)20/h4-7,23H,3,8-11H2,1-2H3. The summed E-state index contributed by atoms with van der Waals surface area (Å²) in [6, 6.07) is 4.92. The minimum absolute atomic E-state index is 0.143. The molecule has 0 amide bonds. The molecule has 1 aromatic heterocycles. The molecule has 0 radical (unpaired) electrons. The quantitative estimate of drug-likeness (QED) is 0.764. The van der Waals surface area contributed by atoms with Gasteiger partial charge in [-0.3, -0.25) is 4.90 Å².